The van der Waals surface area contributed by atoms with E-state index < -0.39 is 5.60 Å². The van der Waals surface area contributed by atoms with Crippen molar-refractivity contribution in [3.05, 3.63) is 29.8 Å². The van der Waals surface area contributed by atoms with Crippen LogP contribution in [0.2, 0.25) is 0 Å². The summed E-state index contributed by atoms with van der Waals surface area (Å²) in [6.45, 7) is 9.97. The molecule has 158 valence electrons. The molecule has 7 heteroatoms. The highest BCUT2D eigenvalue weighted by Gasteiger charge is 2.27. The van der Waals surface area contributed by atoms with Crippen LogP contribution in [0.15, 0.2) is 29.3 Å². The summed E-state index contributed by atoms with van der Waals surface area (Å²) in [5.41, 5.74) is 7.78. The summed E-state index contributed by atoms with van der Waals surface area (Å²) >= 11 is 0. The molecule has 1 heterocycles. The van der Waals surface area contributed by atoms with E-state index in [9.17, 15) is 4.79 Å². The number of aliphatic imine (C=N–C) groups is 1. The van der Waals surface area contributed by atoms with Crippen LogP contribution >= 0.6 is 24.0 Å². The largest absolute Gasteiger partial charge is 0.444 e. The molecule has 1 amide bonds. The zero-order valence-corrected chi connectivity index (χ0v) is 19.9. The summed E-state index contributed by atoms with van der Waals surface area (Å²) < 4.78 is 5.48. The molecule has 0 aromatic heterocycles. The molecule has 1 atom stereocenters. The van der Waals surface area contributed by atoms with Crippen molar-refractivity contribution in [3.63, 3.8) is 0 Å². The van der Waals surface area contributed by atoms with E-state index in [2.05, 4.69) is 29.4 Å². The molecule has 3 N–H and O–H groups in total. The quantitative estimate of drug-likeness (QED) is 0.350. The smallest absolute Gasteiger partial charge is 0.410 e. The Morgan fingerprint density at radius 2 is 2.14 bits per heavy atom. The number of benzene rings is 1. The summed E-state index contributed by atoms with van der Waals surface area (Å²) in [6.07, 6.45) is 3.80. The predicted molar refractivity (Wildman–Crippen MR) is 126 cm³/mol. The van der Waals surface area contributed by atoms with Crippen LogP contribution in [0.5, 0.6) is 0 Å². The Hall–Kier alpha value is -1.51. The van der Waals surface area contributed by atoms with Crippen LogP contribution in [-0.4, -0.2) is 42.2 Å². The van der Waals surface area contributed by atoms with Gasteiger partial charge in [0, 0.05) is 25.3 Å². The molecule has 6 nitrogen and oxygen atoms in total. The number of ether oxygens (including phenoxy) is 1. The van der Waals surface area contributed by atoms with Gasteiger partial charge in [0.05, 0.1) is 0 Å². The van der Waals surface area contributed by atoms with Gasteiger partial charge in [-0.25, -0.2) is 4.79 Å². The van der Waals surface area contributed by atoms with E-state index in [1.807, 2.05) is 37.8 Å². The number of likely N-dealkylation sites (tertiary alicyclic amines) is 1. The summed E-state index contributed by atoms with van der Waals surface area (Å²) in [7, 11) is 0. The predicted octanol–water partition coefficient (Wildman–Crippen LogP) is 4.63. The molecule has 0 spiro atoms. The van der Waals surface area contributed by atoms with Crippen molar-refractivity contribution in [2.24, 2.45) is 16.6 Å². The molecule has 1 unspecified atom stereocenters. The molecule has 1 aliphatic heterocycles. The molecule has 1 fully saturated rings. The number of nitrogens with two attached hydrogens (primary N) is 1. The summed E-state index contributed by atoms with van der Waals surface area (Å²) in [4.78, 5) is 18.5. The fraction of sp³-hybridized carbons (Fsp3) is 0.619. The molecular formula is C21H35IN4O2. The number of nitrogens with one attached hydrogen (secondary N) is 1. The van der Waals surface area contributed by atoms with Gasteiger partial charge in [-0.05, 0) is 70.1 Å². The number of carbonyl (C=O) groups excluding carboxylic acids is 1. The van der Waals surface area contributed by atoms with Crippen molar-refractivity contribution in [1.29, 1.82) is 0 Å². The number of carbonyl (C=O) groups is 1. The molecule has 0 radical (unpaired) electrons. The maximum absolute atomic E-state index is 12.2. The van der Waals surface area contributed by atoms with Gasteiger partial charge in [-0.3, -0.25) is 4.99 Å². The standard InChI is InChI=1S/C21H34N4O2.HI/c1-5-16-8-6-10-18(14-16)24-19(22)23-12-11-17-9-7-13-25(15-17)20(26)27-21(2,3)4;/h6,8,10,14,17H,5,7,9,11-13,15H2,1-4H3,(H3,22,23,24);1H. The number of hydrogen-bond donors (Lipinski definition) is 2. The Labute approximate surface area is 186 Å². The Bertz CT molecular complexity index is 658. The molecular weight excluding hydrogens is 467 g/mol. The molecule has 1 aliphatic rings. The lowest BCUT2D eigenvalue weighted by Gasteiger charge is -2.34. The van der Waals surface area contributed by atoms with Gasteiger partial charge in [-0.1, -0.05) is 19.1 Å². The van der Waals surface area contributed by atoms with Gasteiger partial charge >= 0.3 is 6.09 Å². The molecule has 1 aromatic carbocycles. The second-order valence-electron chi connectivity index (χ2n) is 8.17. The number of piperidine rings is 1. The first-order valence-electron chi connectivity index (χ1n) is 9.90. The van der Waals surface area contributed by atoms with Crippen LogP contribution in [0.25, 0.3) is 0 Å². The number of hydrogen-bond acceptors (Lipinski definition) is 3. The van der Waals surface area contributed by atoms with Crippen LogP contribution < -0.4 is 11.1 Å². The van der Waals surface area contributed by atoms with Crippen molar-refractivity contribution in [2.45, 2.75) is 59.0 Å². The first-order chi connectivity index (χ1) is 12.8. The van der Waals surface area contributed by atoms with Crippen molar-refractivity contribution >= 4 is 41.7 Å². The van der Waals surface area contributed by atoms with Crippen molar-refractivity contribution < 1.29 is 9.53 Å². The summed E-state index contributed by atoms with van der Waals surface area (Å²) in [5.74, 6) is 0.870. The van der Waals surface area contributed by atoms with Gasteiger partial charge in [-0.2, -0.15) is 0 Å². The van der Waals surface area contributed by atoms with Crippen LogP contribution in [0, 0.1) is 5.92 Å². The highest BCUT2D eigenvalue weighted by Crippen LogP contribution is 2.21. The van der Waals surface area contributed by atoms with Crippen LogP contribution in [0.3, 0.4) is 0 Å². The van der Waals surface area contributed by atoms with Gasteiger partial charge < -0.3 is 20.7 Å². The van der Waals surface area contributed by atoms with E-state index in [1.165, 1.54) is 5.56 Å². The number of amides is 1. The number of guanidine groups is 1. The third-order valence-corrected chi connectivity index (χ3v) is 4.60. The molecule has 28 heavy (non-hydrogen) atoms. The second kappa shape index (κ2) is 11.5. The minimum Gasteiger partial charge on any atom is -0.444 e. The zero-order chi connectivity index (χ0) is 19.9. The molecule has 2 rings (SSSR count). The lowest BCUT2D eigenvalue weighted by molar-refractivity contribution is 0.0163. The average Bonchev–Trinajstić information content (AvgIpc) is 2.60. The maximum atomic E-state index is 12.2. The van der Waals surface area contributed by atoms with Gasteiger partial charge in [0.15, 0.2) is 5.96 Å². The normalized spacial score (nSPS) is 17.6. The lowest BCUT2D eigenvalue weighted by atomic mass is 9.95. The number of halogens is 1. The lowest BCUT2D eigenvalue weighted by Crippen LogP contribution is -2.43. The fourth-order valence-electron chi connectivity index (χ4n) is 3.22. The molecule has 0 saturated carbocycles. The number of rotatable bonds is 5. The van der Waals surface area contributed by atoms with Crippen LogP contribution in [-0.2, 0) is 11.2 Å². The van der Waals surface area contributed by atoms with Gasteiger partial charge in [0.1, 0.15) is 5.60 Å². The molecule has 1 saturated heterocycles. The van der Waals surface area contributed by atoms with Crippen LogP contribution in [0.4, 0.5) is 10.5 Å². The Kier molecular flexibility index (Phi) is 10.1. The second-order valence-corrected chi connectivity index (χ2v) is 8.17. The van der Waals surface area contributed by atoms with E-state index >= 15 is 0 Å². The van der Waals surface area contributed by atoms with Crippen molar-refractivity contribution in [2.75, 3.05) is 25.0 Å². The summed E-state index contributed by atoms with van der Waals surface area (Å²) in [5, 5.41) is 3.15. The molecule has 0 bridgehead atoms. The van der Waals surface area contributed by atoms with E-state index in [1.54, 1.807) is 0 Å². The van der Waals surface area contributed by atoms with Crippen molar-refractivity contribution in [1.82, 2.24) is 4.90 Å². The fourth-order valence-corrected chi connectivity index (χ4v) is 3.22. The number of nitrogens with zero attached hydrogens (tertiary/aromatic N) is 2. The van der Waals surface area contributed by atoms with Gasteiger partial charge in [-0.15, -0.1) is 24.0 Å². The number of anilines is 1. The Morgan fingerprint density at radius 3 is 2.82 bits per heavy atom. The minimum absolute atomic E-state index is 0. The number of aryl methyl sites for hydroxylation is 1. The van der Waals surface area contributed by atoms with Gasteiger partial charge in [0.2, 0.25) is 0 Å². The SMILES string of the molecule is CCc1cccc(NC(N)=NCCC2CCCN(C(=O)OC(C)(C)C)C2)c1.I. The highest BCUT2D eigenvalue weighted by atomic mass is 127. The summed E-state index contributed by atoms with van der Waals surface area (Å²) in [6, 6.07) is 8.18. The van der Waals surface area contributed by atoms with Gasteiger partial charge in [0.25, 0.3) is 0 Å². The van der Waals surface area contributed by atoms with Crippen molar-refractivity contribution in [3.8, 4) is 0 Å². The third kappa shape index (κ3) is 8.67. The average molecular weight is 502 g/mol. The maximum Gasteiger partial charge on any atom is 0.410 e. The first-order valence-corrected chi connectivity index (χ1v) is 9.90. The topological polar surface area (TPSA) is 80.0 Å². The van der Waals surface area contributed by atoms with E-state index in [4.69, 9.17) is 10.5 Å². The van der Waals surface area contributed by atoms with E-state index in [0.717, 1.165) is 44.5 Å². The Balaban J connectivity index is 0.00000392. The Morgan fingerprint density at radius 1 is 1.39 bits per heavy atom. The van der Waals surface area contributed by atoms with E-state index in [-0.39, 0.29) is 30.1 Å². The van der Waals surface area contributed by atoms with E-state index in [0.29, 0.717) is 18.4 Å². The third-order valence-electron chi connectivity index (χ3n) is 4.60. The first kappa shape index (κ1) is 24.5. The highest BCUT2D eigenvalue weighted by molar-refractivity contribution is 14.0. The minimum atomic E-state index is -0.455. The van der Waals surface area contributed by atoms with Crippen LogP contribution in [0.1, 0.15) is 52.5 Å². The molecule has 1 aromatic rings. The monoisotopic (exact) mass is 502 g/mol. The molecule has 0 aliphatic carbocycles. The zero-order valence-electron chi connectivity index (χ0n) is 17.5.